The number of unbranched alkanes of at least 4 members (excludes halogenated alkanes) is 1. The van der Waals surface area contributed by atoms with Crippen molar-refractivity contribution in [3.05, 3.63) is 65.2 Å². The number of nitrogens with one attached hydrogen (secondary N) is 2. The molecule has 0 radical (unpaired) electrons. The Bertz CT molecular complexity index is 805. The van der Waals surface area contributed by atoms with E-state index in [0.717, 1.165) is 18.4 Å². The van der Waals surface area contributed by atoms with Crippen molar-refractivity contribution in [3.8, 4) is 0 Å². The summed E-state index contributed by atoms with van der Waals surface area (Å²) in [6, 6.07) is 14.0. The van der Waals surface area contributed by atoms with Crippen LogP contribution in [0.1, 0.15) is 46.0 Å². The maximum absolute atomic E-state index is 12.2. The van der Waals surface area contributed by atoms with Crippen molar-refractivity contribution in [2.45, 2.75) is 26.7 Å². The highest BCUT2D eigenvalue weighted by molar-refractivity contribution is 7.80. The van der Waals surface area contributed by atoms with Crippen LogP contribution in [0.4, 0.5) is 5.69 Å². The van der Waals surface area contributed by atoms with Crippen LogP contribution in [0.2, 0.25) is 0 Å². The van der Waals surface area contributed by atoms with Crippen LogP contribution in [0.3, 0.4) is 0 Å². The monoisotopic (exact) mass is 370 g/mol. The molecule has 136 valence electrons. The molecule has 0 aliphatic heterocycles. The van der Waals surface area contributed by atoms with E-state index >= 15 is 0 Å². The summed E-state index contributed by atoms with van der Waals surface area (Å²) in [6.07, 6.45) is 1.79. The largest absolute Gasteiger partial charge is 0.462 e. The number of carbonyl (C=O) groups excluding carboxylic acids is 2. The van der Waals surface area contributed by atoms with Gasteiger partial charge < -0.3 is 10.1 Å². The molecule has 0 atom stereocenters. The maximum atomic E-state index is 12.2. The Kier molecular flexibility index (Phi) is 7.29. The van der Waals surface area contributed by atoms with Gasteiger partial charge in [0.15, 0.2) is 5.11 Å². The predicted molar refractivity (Wildman–Crippen MR) is 106 cm³/mol. The summed E-state index contributed by atoms with van der Waals surface area (Å²) in [4.78, 5) is 24.2. The average molecular weight is 370 g/mol. The predicted octanol–water partition coefficient (Wildman–Crippen LogP) is 4.08. The molecule has 6 heteroatoms. The summed E-state index contributed by atoms with van der Waals surface area (Å²) in [5.74, 6) is -0.668. The summed E-state index contributed by atoms with van der Waals surface area (Å²) >= 11 is 5.18. The molecule has 2 N–H and O–H groups in total. The third-order valence-electron chi connectivity index (χ3n) is 3.59. The van der Waals surface area contributed by atoms with Gasteiger partial charge in [0, 0.05) is 11.3 Å². The average Bonchev–Trinajstić information content (AvgIpc) is 2.62. The summed E-state index contributed by atoms with van der Waals surface area (Å²) in [5.41, 5.74) is 2.55. The van der Waals surface area contributed by atoms with E-state index in [-0.39, 0.29) is 17.0 Å². The van der Waals surface area contributed by atoms with Crippen LogP contribution in [-0.2, 0) is 4.74 Å². The second-order valence-corrected chi connectivity index (χ2v) is 6.26. The van der Waals surface area contributed by atoms with Crippen molar-refractivity contribution < 1.29 is 14.3 Å². The van der Waals surface area contributed by atoms with Crippen LogP contribution in [0, 0.1) is 6.92 Å². The summed E-state index contributed by atoms with van der Waals surface area (Å²) in [7, 11) is 0. The van der Waals surface area contributed by atoms with E-state index in [9.17, 15) is 9.59 Å². The minimum atomic E-state index is -0.378. The number of hydrogen-bond acceptors (Lipinski definition) is 4. The highest BCUT2D eigenvalue weighted by Gasteiger charge is 2.10. The van der Waals surface area contributed by atoms with E-state index in [0.29, 0.717) is 23.4 Å². The number of benzene rings is 2. The lowest BCUT2D eigenvalue weighted by Crippen LogP contribution is -2.34. The van der Waals surface area contributed by atoms with E-state index in [1.807, 2.05) is 26.0 Å². The van der Waals surface area contributed by atoms with Gasteiger partial charge in [0.2, 0.25) is 0 Å². The zero-order valence-electron chi connectivity index (χ0n) is 14.9. The molecule has 2 aromatic rings. The number of anilines is 1. The number of aryl methyl sites for hydroxylation is 1. The quantitative estimate of drug-likeness (QED) is 0.456. The lowest BCUT2D eigenvalue weighted by atomic mass is 10.1. The highest BCUT2D eigenvalue weighted by atomic mass is 32.1. The molecular formula is C20H22N2O3S. The molecule has 0 aliphatic carbocycles. The first-order chi connectivity index (χ1) is 12.5. The molecule has 2 rings (SSSR count). The Morgan fingerprint density at radius 3 is 2.54 bits per heavy atom. The minimum absolute atomic E-state index is 0.160. The third-order valence-corrected chi connectivity index (χ3v) is 3.80. The van der Waals surface area contributed by atoms with E-state index in [1.165, 1.54) is 0 Å². The van der Waals surface area contributed by atoms with Gasteiger partial charge in [-0.05, 0) is 55.9 Å². The van der Waals surface area contributed by atoms with Gasteiger partial charge in [-0.25, -0.2) is 4.79 Å². The van der Waals surface area contributed by atoms with Crippen LogP contribution in [0.25, 0.3) is 0 Å². The van der Waals surface area contributed by atoms with Gasteiger partial charge in [-0.1, -0.05) is 37.1 Å². The van der Waals surface area contributed by atoms with Gasteiger partial charge in [-0.15, -0.1) is 0 Å². The van der Waals surface area contributed by atoms with E-state index in [2.05, 4.69) is 10.6 Å². The molecule has 0 aliphatic rings. The summed E-state index contributed by atoms with van der Waals surface area (Å²) in [6.45, 7) is 4.35. The Balaban J connectivity index is 1.95. The van der Waals surface area contributed by atoms with Crippen LogP contribution >= 0.6 is 12.2 Å². The van der Waals surface area contributed by atoms with E-state index in [4.69, 9.17) is 17.0 Å². The second kappa shape index (κ2) is 9.68. The van der Waals surface area contributed by atoms with Gasteiger partial charge >= 0.3 is 5.97 Å². The molecule has 26 heavy (non-hydrogen) atoms. The molecular weight excluding hydrogens is 348 g/mol. The number of esters is 1. The topological polar surface area (TPSA) is 67.4 Å². The van der Waals surface area contributed by atoms with Crippen LogP contribution < -0.4 is 10.6 Å². The molecule has 1 amide bonds. The number of rotatable bonds is 6. The van der Waals surface area contributed by atoms with Gasteiger partial charge in [-0.2, -0.15) is 0 Å². The number of ether oxygens (including phenoxy) is 1. The summed E-state index contributed by atoms with van der Waals surface area (Å²) < 4.78 is 5.19. The van der Waals surface area contributed by atoms with Crippen LogP contribution in [0.15, 0.2) is 48.5 Å². The van der Waals surface area contributed by atoms with Crippen molar-refractivity contribution in [3.63, 3.8) is 0 Å². The lowest BCUT2D eigenvalue weighted by molar-refractivity contribution is 0.0499. The Labute approximate surface area is 158 Å². The van der Waals surface area contributed by atoms with Crippen molar-refractivity contribution in [1.82, 2.24) is 5.32 Å². The fraction of sp³-hybridized carbons (Fsp3) is 0.250. The van der Waals surface area contributed by atoms with E-state index in [1.54, 1.807) is 36.4 Å². The van der Waals surface area contributed by atoms with Crippen molar-refractivity contribution in [2.75, 3.05) is 11.9 Å². The zero-order valence-corrected chi connectivity index (χ0v) is 15.7. The molecule has 2 aromatic carbocycles. The van der Waals surface area contributed by atoms with Crippen molar-refractivity contribution >= 4 is 34.9 Å². The van der Waals surface area contributed by atoms with Gasteiger partial charge in [0.1, 0.15) is 0 Å². The molecule has 0 fully saturated rings. The first-order valence-corrected chi connectivity index (χ1v) is 8.86. The smallest absolute Gasteiger partial charge is 0.338 e. The van der Waals surface area contributed by atoms with Gasteiger partial charge in [-0.3, -0.25) is 10.1 Å². The second-order valence-electron chi connectivity index (χ2n) is 5.85. The Morgan fingerprint density at radius 2 is 1.81 bits per heavy atom. The first-order valence-electron chi connectivity index (χ1n) is 8.46. The molecule has 0 unspecified atom stereocenters. The fourth-order valence-electron chi connectivity index (χ4n) is 2.24. The first kappa shape index (κ1) is 19.6. The minimum Gasteiger partial charge on any atom is -0.462 e. The number of hydrogen-bond donors (Lipinski definition) is 2. The number of carbonyl (C=O) groups is 2. The van der Waals surface area contributed by atoms with Crippen LogP contribution in [-0.4, -0.2) is 23.6 Å². The summed E-state index contributed by atoms with van der Waals surface area (Å²) in [5, 5.41) is 5.70. The van der Waals surface area contributed by atoms with Crippen molar-refractivity contribution in [2.24, 2.45) is 0 Å². The van der Waals surface area contributed by atoms with E-state index < -0.39 is 0 Å². The molecule has 0 spiro atoms. The SMILES string of the molecule is CCCCOC(=O)c1cccc(NC(=S)NC(=O)c2cccc(C)c2)c1. The normalized spacial score (nSPS) is 10.1. The molecule has 0 bridgehead atoms. The highest BCUT2D eigenvalue weighted by Crippen LogP contribution is 2.12. The third kappa shape index (κ3) is 5.97. The number of amides is 1. The maximum Gasteiger partial charge on any atom is 0.338 e. The Hall–Kier alpha value is -2.73. The fourth-order valence-corrected chi connectivity index (χ4v) is 2.45. The Morgan fingerprint density at radius 1 is 1.08 bits per heavy atom. The standard InChI is InChI=1S/C20H22N2O3S/c1-3-4-11-25-19(24)16-9-6-10-17(13-16)21-20(26)22-18(23)15-8-5-7-14(2)12-15/h5-10,12-13H,3-4,11H2,1-2H3,(H2,21,22,23,26). The van der Waals surface area contributed by atoms with Crippen molar-refractivity contribution in [1.29, 1.82) is 0 Å². The molecule has 5 nitrogen and oxygen atoms in total. The lowest BCUT2D eigenvalue weighted by Gasteiger charge is -2.11. The van der Waals surface area contributed by atoms with Crippen LogP contribution in [0.5, 0.6) is 0 Å². The van der Waals surface area contributed by atoms with Gasteiger partial charge in [0.25, 0.3) is 5.91 Å². The molecule has 0 heterocycles. The molecule has 0 saturated heterocycles. The van der Waals surface area contributed by atoms with Gasteiger partial charge in [0.05, 0.1) is 12.2 Å². The zero-order chi connectivity index (χ0) is 18.9. The number of thiocarbonyl (C=S) groups is 1. The molecule has 0 aromatic heterocycles. The molecule has 0 saturated carbocycles.